The van der Waals surface area contributed by atoms with E-state index in [1.54, 1.807) is 7.11 Å². The molecule has 1 aliphatic rings. The van der Waals surface area contributed by atoms with Crippen molar-refractivity contribution in [3.8, 4) is 5.75 Å². The van der Waals surface area contributed by atoms with Gasteiger partial charge in [0.05, 0.1) is 19.2 Å². The Hall–Kier alpha value is -2.53. The first-order chi connectivity index (χ1) is 13.5. The standard InChI is InChI=1S/C23H31N3O2/c1-5-24-22(25-15-17-10-6-7-11-18(17)16-27-4)26-20-14-23(2,3)28-21-13-9-8-12-19(20)21/h6-13,20H,5,14-16H2,1-4H3,(H2,24,25,26). The Balaban J connectivity index is 1.81. The monoisotopic (exact) mass is 381 g/mol. The molecule has 0 aliphatic carbocycles. The van der Waals surface area contributed by atoms with Gasteiger partial charge < -0.3 is 20.1 Å². The third-order valence-electron chi connectivity index (χ3n) is 4.86. The summed E-state index contributed by atoms with van der Waals surface area (Å²) in [5.41, 5.74) is 3.29. The van der Waals surface area contributed by atoms with Crippen molar-refractivity contribution in [2.45, 2.75) is 52.0 Å². The smallest absolute Gasteiger partial charge is 0.192 e. The Morgan fingerprint density at radius 1 is 1.14 bits per heavy atom. The van der Waals surface area contributed by atoms with Crippen LogP contribution < -0.4 is 15.4 Å². The summed E-state index contributed by atoms with van der Waals surface area (Å²) in [6.07, 6.45) is 0.870. The molecule has 1 unspecified atom stereocenters. The van der Waals surface area contributed by atoms with Crippen LogP contribution in [0.5, 0.6) is 5.75 Å². The van der Waals surface area contributed by atoms with E-state index in [4.69, 9.17) is 14.5 Å². The SMILES string of the molecule is CCNC(=NCc1ccccc1COC)NC1CC(C)(C)Oc2ccccc21. The molecule has 2 aromatic rings. The number of benzene rings is 2. The average Bonchev–Trinajstić information content (AvgIpc) is 2.66. The van der Waals surface area contributed by atoms with Gasteiger partial charge >= 0.3 is 0 Å². The number of aliphatic imine (C=N–C) groups is 1. The molecule has 0 bridgehead atoms. The average molecular weight is 382 g/mol. The molecule has 150 valence electrons. The van der Waals surface area contributed by atoms with Gasteiger partial charge in [0.2, 0.25) is 0 Å². The summed E-state index contributed by atoms with van der Waals surface area (Å²) in [4.78, 5) is 4.84. The van der Waals surface area contributed by atoms with Crippen LogP contribution in [0.1, 0.15) is 49.9 Å². The zero-order chi connectivity index (χ0) is 20.0. The van der Waals surface area contributed by atoms with Crippen molar-refractivity contribution in [1.29, 1.82) is 0 Å². The fourth-order valence-corrected chi connectivity index (χ4v) is 3.59. The second-order valence-electron chi connectivity index (χ2n) is 7.70. The maximum absolute atomic E-state index is 6.15. The topological polar surface area (TPSA) is 54.9 Å². The number of hydrogen-bond acceptors (Lipinski definition) is 3. The van der Waals surface area contributed by atoms with Gasteiger partial charge in [-0.05, 0) is 38.0 Å². The van der Waals surface area contributed by atoms with E-state index in [-0.39, 0.29) is 11.6 Å². The van der Waals surface area contributed by atoms with E-state index in [0.717, 1.165) is 24.7 Å². The van der Waals surface area contributed by atoms with Crippen molar-refractivity contribution in [3.63, 3.8) is 0 Å². The first-order valence-electron chi connectivity index (χ1n) is 9.91. The normalized spacial score (nSPS) is 18.1. The minimum atomic E-state index is -0.228. The number of nitrogens with one attached hydrogen (secondary N) is 2. The fourth-order valence-electron chi connectivity index (χ4n) is 3.59. The van der Waals surface area contributed by atoms with Crippen LogP contribution in [0.3, 0.4) is 0 Å². The van der Waals surface area contributed by atoms with Crippen molar-refractivity contribution in [1.82, 2.24) is 10.6 Å². The number of ether oxygens (including phenoxy) is 2. The summed E-state index contributed by atoms with van der Waals surface area (Å²) in [5, 5.41) is 6.99. The Morgan fingerprint density at radius 2 is 1.86 bits per heavy atom. The molecular formula is C23H31N3O2. The highest BCUT2D eigenvalue weighted by atomic mass is 16.5. The third-order valence-corrected chi connectivity index (χ3v) is 4.86. The van der Waals surface area contributed by atoms with Crippen LogP contribution in [0.4, 0.5) is 0 Å². The van der Waals surface area contributed by atoms with E-state index in [9.17, 15) is 0 Å². The number of nitrogens with zero attached hydrogens (tertiary/aromatic N) is 1. The Labute approximate surface area is 168 Å². The molecule has 0 spiro atoms. The molecule has 28 heavy (non-hydrogen) atoms. The van der Waals surface area contributed by atoms with E-state index in [1.165, 1.54) is 16.7 Å². The molecule has 1 aliphatic heterocycles. The molecule has 1 heterocycles. The zero-order valence-corrected chi connectivity index (χ0v) is 17.3. The van der Waals surface area contributed by atoms with Gasteiger partial charge in [-0.1, -0.05) is 42.5 Å². The number of guanidine groups is 1. The van der Waals surface area contributed by atoms with E-state index in [2.05, 4.69) is 55.7 Å². The number of hydrogen-bond donors (Lipinski definition) is 2. The number of rotatable bonds is 6. The van der Waals surface area contributed by atoms with Gasteiger partial charge in [-0.3, -0.25) is 0 Å². The molecular weight excluding hydrogens is 350 g/mol. The van der Waals surface area contributed by atoms with Crippen LogP contribution >= 0.6 is 0 Å². The highest BCUT2D eigenvalue weighted by molar-refractivity contribution is 5.80. The lowest BCUT2D eigenvalue weighted by Gasteiger charge is -2.38. The molecule has 2 aromatic carbocycles. The van der Waals surface area contributed by atoms with Crippen molar-refractivity contribution in [2.24, 2.45) is 4.99 Å². The van der Waals surface area contributed by atoms with E-state index in [1.807, 2.05) is 24.3 Å². The van der Waals surface area contributed by atoms with Crippen LogP contribution in [-0.4, -0.2) is 25.2 Å². The van der Waals surface area contributed by atoms with Crippen LogP contribution in [0.15, 0.2) is 53.5 Å². The molecule has 2 N–H and O–H groups in total. The first kappa shape index (κ1) is 20.2. The lowest BCUT2D eigenvalue weighted by Crippen LogP contribution is -2.45. The maximum Gasteiger partial charge on any atom is 0.192 e. The summed E-state index contributed by atoms with van der Waals surface area (Å²) in [6.45, 7) is 8.34. The van der Waals surface area contributed by atoms with Crippen LogP contribution in [-0.2, 0) is 17.9 Å². The highest BCUT2D eigenvalue weighted by Gasteiger charge is 2.33. The van der Waals surface area contributed by atoms with Gasteiger partial charge in [-0.2, -0.15) is 0 Å². The second-order valence-corrected chi connectivity index (χ2v) is 7.70. The van der Waals surface area contributed by atoms with Gasteiger partial charge in [-0.25, -0.2) is 4.99 Å². The summed E-state index contributed by atoms with van der Waals surface area (Å²) >= 11 is 0. The lowest BCUT2D eigenvalue weighted by molar-refractivity contribution is 0.0694. The van der Waals surface area contributed by atoms with Gasteiger partial charge in [0.15, 0.2) is 5.96 Å². The summed E-state index contributed by atoms with van der Waals surface area (Å²) < 4.78 is 11.5. The molecule has 0 radical (unpaired) electrons. The lowest BCUT2D eigenvalue weighted by atomic mass is 9.90. The first-order valence-corrected chi connectivity index (χ1v) is 9.91. The molecule has 0 saturated heterocycles. The summed E-state index contributed by atoms with van der Waals surface area (Å²) in [6, 6.07) is 16.7. The molecule has 0 amide bonds. The molecule has 0 saturated carbocycles. The van der Waals surface area contributed by atoms with Gasteiger partial charge in [-0.15, -0.1) is 0 Å². The maximum atomic E-state index is 6.15. The largest absolute Gasteiger partial charge is 0.487 e. The minimum absolute atomic E-state index is 0.145. The van der Waals surface area contributed by atoms with Gasteiger partial charge in [0.25, 0.3) is 0 Å². The third kappa shape index (κ3) is 5.04. The van der Waals surface area contributed by atoms with Crippen LogP contribution in [0, 0.1) is 0 Å². The molecule has 0 fully saturated rings. The Kier molecular flexibility index (Phi) is 6.57. The predicted octanol–water partition coefficient (Wildman–Crippen LogP) is 4.19. The Bertz CT molecular complexity index is 817. The summed E-state index contributed by atoms with van der Waals surface area (Å²) in [7, 11) is 1.72. The van der Waals surface area contributed by atoms with Crippen LogP contribution in [0.25, 0.3) is 0 Å². The van der Waals surface area contributed by atoms with Gasteiger partial charge in [0.1, 0.15) is 11.4 Å². The van der Waals surface area contributed by atoms with Crippen molar-refractivity contribution in [3.05, 3.63) is 65.2 Å². The number of methoxy groups -OCH3 is 1. The quantitative estimate of drug-likeness (QED) is 0.582. The molecule has 3 rings (SSSR count). The van der Waals surface area contributed by atoms with Crippen LogP contribution in [0.2, 0.25) is 0 Å². The fraction of sp³-hybridized carbons (Fsp3) is 0.435. The van der Waals surface area contributed by atoms with Gasteiger partial charge in [0, 0.05) is 25.6 Å². The summed E-state index contributed by atoms with van der Waals surface area (Å²) in [5.74, 6) is 1.75. The Morgan fingerprint density at radius 3 is 2.61 bits per heavy atom. The van der Waals surface area contributed by atoms with Crippen molar-refractivity contribution < 1.29 is 9.47 Å². The highest BCUT2D eigenvalue weighted by Crippen LogP contribution is 2.39. The van der Waals surface area contributed by atoms with Crippen molar-refractivity contribution >= 4 is 5.96 Å². The van der Waals surface area contributed by atoms with E-state index < -0.39 is 0 Å². The second kappa shape index (κ2) is 9.11. The minimum Gasteiger partial charge on any atom is -0.487 e. The zero-order valence-electron chi connectivity index (χ0n) is 17.3. The number of para-hydroxylation sites is 1. The van der Waals surface area contributed by atoms with Crippen molar-refractivity contribution in [2.75, 3.05) is 13.7 Å². The molecule has 5 heteroatoms. The number of fused-ring (bicyclic) bond motifs is 1. The van der Waals surface area contributed by atoms with E-state index in [0.29, 0.717) is 13.2 Å². The molecule has 0 aromatic heterocycles. The molecule has 5 nitrogen and oxygen atoms in total. The predicted molar refractivity (Wildman–Crippen MR) is 114 cm³/mol. The molecule has 1 atom stereocenters. The van der Waals surface area contributed by atoms with E-state index >= 15 is 0 Å².